The highest BCUT2D eigenvalue weighted by atomic mass is 28.3. The molecule has 0 amide bonds. The Labute approximate surface area is 583 Å². The summed E-state index contributed by atoms with van der Waals surface area (Å²) in [5.41, 5.74) is 20.9. The van der Waals surface area contributed by atoms with Gasteiger partial charge in [0.1, 0.15) is 0 Å². The van der Waals surface area contributed by atoms with Crippen molar-refractivity contribution in [2.45, 2.75) is 19.3 Å². The molecule has 0 aromatic heterocycles. The first-order valence-electron chi connectivity index (χ1n) is 34.6. The Balaban J connectivity index is 0.990. The molecule has 0 radical (unpaired) electrons. The second-order valence-corrected chi connectivity index (χ2v) is 34.6. The van der Waals surface area contributed by atoms with Crippen LogP contribution in [0.2, 0.25) is 0 Å². The van der Waals surface area contributed by atoms with Gasteiger partial charge >= 0.3 is 0 Å². The van der Waals surface area contributed by atoms with Crippen molar-refractivity contribution < 1.29 is 0 Å². The van der Waals surface area contributed by atoms with Gasteiger partial charge < -0.3 is 14.7 Å². The summed E-state index contributed by atoms with van der Waals surface area (Å²) in [4.78, 5) is 7.88. The lowest BCUT2D eigenvalue weighted by Gasteiger charge is -2.47. The minimum Gasteiger partial charge on any atom is -0.311 e. The van der Waals surface area contributed by atoms with Gasteiger partial charge in [-0.25, -0.2) is 0 Å². The van der Waals surface area contributed by atoms with Crippen molar-refractivity contribution in [1.82, 2.24) is 0 Å². The number of para-hydroxylation sites is 4. The van der Waals surface area contributed by atoms with Gasteiger partial charge in [0.25, 0.3) is 6.71 Å². The van der Waals surface area contributed by atoms with Crippen LogP contribution in [0.1, 0.15) is 25.0 Å². The van der Waals surface area contributed by atoms with E-state index in [0.29, 0.717) is 0 Å². The zero-order chi connectivity index (χ0) is 66.1. The van der Waals surface area contributed by atoms with Crippen molar-refractivity contribution in [3.05, 3.63) is 399 Å². The van der Waals surface area contributed by atoms with E-state index < -0.39 is 16.1 Å². The minimum atomic E-state index is -3.12. The van der Waals surface area contributed by atoms with Crippen LogP contribution in [-0.4, -0.2) is 22.9 Å². The Bertz CT molecular complexity index is 5230. The predicted octanol–water partition coefficient (Wildman–Crippen LogP) is 16.0. The van der Waals surface area contributed by atoms with E-state index in [-0.39, 0.29) is 12.1 Å². The average Bonchev–Trinajstić information content (AvgIpc) is 0.674. The number of fused-ring (bicyclic) bond motifs is 6. The molecule has 0 saturated heterocycles. The SMILES string of the molecule is CC1(C)c2ccccc2N(c2cc3c4c(c2)N(c2ccccc2-c2ccccc2)c2c(cccc2-c2ccccc2)B4c2cc([Si](c4ccccc4)(c4ccccc4)c4ccccc4)ccc2N3c2ccc([Si](c3ccccc3)(c3ccccc3)c3ccccc3)cc2)c2ccccc21. The molecule has 3 nitrogen and oxygen atoms in total. The van der Waals surface area contributed by atoms with E-state index in [2.05, 4.69) is 417 Å². The zero-order valence-electron chi connectivity index (χ0n) is 55.4. The van der Waals surface area contributed by atoms with E-state index in [9.17, 15) is 0 Å². The number of rotatable bonds is 13. The molecule has 0 bridgehead atoms. The van der Waals surface area contributed by atoms with Crippen molar-refractivity contribution >= 4 is 132 Å². The molecule has 15 aromatic rings. The molecule has 3 heterocycles. The largest absolute Gasteiger partial charge is 0.311 e. The highest BCUT2D eigenvalue weighted by Crippen LogP contribution is 2.55. The van der Waals surface area contributed by atoms with E-state index in [0.717, 1.165) is 50.8 Å². The molecule has 3 aliphatic heterocycles. The quantitative estimate of drug-likeness (QED) is 0.0841. The zero-order valence-corrected chi connectivity index (χ0v) is 57.4. The van der Waals surface area contributed by atoms with Gasteiger partial charge in [-0.1, -0.05) is 354 Å². The van der Waals surface area contributed by atoms with E-state index in [4.69, 9.17) is 0 Å². The third-order valence-corrected chi connectivity index (χ3v) is 31.1. The number of anilines is 9. The van der Waals surface area contributed by atoms with Crippen molar-refractivity contribution in [1.29, 1.82) is 0 Å². The fourth-order valence-electron chi connectivity index (χ4n) is 17.2. The summed E-state index contributed by atoms with van der Waals surface area (Å²) in [6, 6.07) is 147. The molecule has 0 fully saturated rings. The summed E-state index contributed by atoms with van der Waals surface area (Å²) in [5, 5.41) is 10.7. The first-order valence-corrected chi connectivity index (χ1v) is 38.6. The maximum absolute atomic E-state index is 3.12. The first-order chi connectivity index (χ1) is 48.9. The van der Waals surface area contributed by atoms with Crippen molar-refractivity contribution in [2.75, 3.05) is 14.7 Å². The smallest absolute Gasteiger partial charge is 0.252 e. The lowest BCUT2D eigenvalue weighted by Crippen LogP contribution is -2.75. The topological polar surface area (TPSA) is 9.72 Å². The number of hydrogen-bond donors (Lipinski definition) is 0. The fourth-order valence-corrected chi connectivity index (χ4v) is 26.8. The first kappa shape index (κ1) is 59.7. The summed E-state index contributed by atoms with van der Waals surface area (Å²) < 4.78 is 0. The van der Waals surface area contributed by atoms with Crippen LogP contribution in [0, 0.1) is 0 Å². The van der Waals surface area contributed by atoms with Gasteiger partial charge in [0, 0.05) is 45.0 Å². The monoisotopic (exact) mass is 1300 g/mol. The maximum atomic E-state index is 2.67. The molecular formula is C93H70BN3Si2. The van der Waals surface area contributed by atoms with Gasteiger partial charge in [-0.15, -0.1) is 0 Å². The van der Waals surface area contributed by atoms with Gasteiger partial charge in [0.15, 0.2) is 16.1 Å². The van der Waals surface area contributed by atoms with Crippen LogP contribution in [0.4, 0.5) is 51.2 Å². The Morgan fingerprint density at radius 3 is 1.07 bits per heavy atom. The number of benzene rings is 15. The molecule has 468 valence electrons. The maximum Gasteiger partial charge on any atom is 0.252 e. The summed E-state index contributed by atoms with van der Waals surface area (Å²) in [5.74, 6) is 0. The number of hydrogen-bond acceptors (Lipinski definition) is 3. The highest BCUT2D eigenvalue weighted by molar-refractivity contribution is 7.20. The van der Waals surface area contributed by atoms with Crippen molar-refractivity contribution in [3.8, 4) is 22.3 Å². The molecule has 3 aliphatic rings. The molecule has 0 saturated carbocycles. The second kappa shape index (κ2) is 24.4. The molecule has 0 spiro atoms. The van der Waals surface area contributed by atoms with E-state index >= 15 is 0 Å². The van der Waals surface area contributed by atoms with Gasteiger partial charge in [-0.05, 0) is 129 Å². The molecule has 0 unspecified atom stereocenters. The highest BCUT2D eigenvalue weighted by Gasteiger charge is 2.49. The molecule has 0 N–H and O–H groups in total. The van der Waals surface area contributed by atoms with Crippen LogP contribution in [0.5, 0.6) is 0 Å². The van der Waals surface area contributed by atoms with Crippen LogP contribution in [0.15, 0.2) is 388 Å². The summed E-state index contributed by atoms with van der Waals surface area (Å²) in [7, 11) is -6.07. The summed E-state index contributed by atoms with van der Waals surface area (Å²) in [6.45, 7) is 4.54. The van der Waals surface area contributed by atoms with Crippen LogP contribution in [0.25, 0.3) is 22.3 Å². The van der Waals surface area contributed by atoms with E-state index in [1.54, 1.807) is 0 Å². The van der Waals surface area contributed by atoms with Gasteiger partial charge in [-0.2, -0.15) is 0 Å². The summed E-state index contributed by atoms with van der Waals surface area (Å²) >= 11 is 0. The number of nitrogens with zero attached hydrogens (tertiary/aromatic N) is 3. The fraction of sp³-hybridized carbons (Fsp3) is 0.0323. The van der Waals surface area contributed by atoms with Crippen molar-refractivity contribution in [2.24, 2.45) is 0 Å². The van der Waals surface area contributed by atoms with Crippen molar-refractivity contribution in [3.63, 3.8) is 0 Å². The standard InChI is InChI=1S/C93H70BN3Si2/c1-93(2)81-52-28-31-56-86(81)96(87-57-32-29-53-82(87)93)70-64-89-91-90(65-70)97(85-55-30-27-50-79(85)67-34-11-3-12-35-67)92-80(68-36-13-4-14-37-68)51-33-54-83(92)94(91)84-66-78(99(74-44-21-8-22-45-74,75-46-23-9-24-47-75)76-48-25-10-26-49-76)62-63-88(84)95(89)69-58-60-77(61-59-69)98(71-38-15-5-16-39-71,72-40-17-6-18-41-72)73-42-19-7-20-43-73/h3-66H,1-2H3. The van der Waals surface area contributed by atoms with Gasteiger partial charge in [0.05, 0.1) is 22.7 Å². The van der Waals surface area contributed by atoms with Gasteiger partial charge in [-0.3, -0.25) is 0 Å². The van der Waals surface area contributed by atoms with Gasteiger partial charge in [0.2, 0.25) is 0 Å². The summed E-state index contributed by atoms with van der Waals surface area (Å²) in [6.07, 6.45) is 0. The Hall–Kier alpha value is -11.8. The normalized spacial score (nSPS) is 13.4. The third-order valence-electron chi connectivity index (χ3n) is 21.5. The minimum absolute atomic E-state index is 0.239. The van der Waals surface area contributed by atoms with Crippen LogP contribution < -0.4 is 72.6 Å². The Morgan fingerprint density at radius 2 is 0.596 bits per heavy atom. The average molecular weight is 1300 g/mol. The molecule has 0 aliphatic carbocycles. The lowest BCUT2D eigenvalue weighted by atomic mass is 9.33. The molecule has 6 heteroatoms. The molecule has 15 aromatic carbocycles. The van der Waals surface area contributed by atoms with Crippen LogP contribution in [-0.2, 0) is 5.41 Å². The predicted molar refractivity (Wildman–Crippen MR) is 425 cm³/mol. The van der Waals surface area contributed by atoms with Crippen LogP contribution in [0.3, 0.4) is 0 Å². The lowest BCUT2D eigenvalue weighted by molar-refractivity contribution is 0.632. The molecule has 99 heavy (non-hydrogen) atoms. The third kappa shape index (κ3) is 9.46. The Kier molecular flexibility index (Phi) is 14.7. The second-order valence-electron chi connectivity index (χ2n) is 27.0. The van der Waals surface area contributed by atoms with E-state index in [1.807, 2.05) is 0 Å². The van der Waals surface area contributed by atoms with E-state index in [1.165, 1.54) is 91.6 Å². The molecular weight excluding hydrogens is 1230 g/mol. The van der Waals surface area contributed by atoms with Crippen LogP contribution >= 0.6 is 0 Å². The molecule has 0 atom stereocenters. The molecule has 18 rings (SSSR count). The Morgan fingerprint density at radius 1 is 0.242 bits per heavy atom.